The molecule has 0 aliphatic heterocycles. The van der Waals surface area contributed by atoms with E-state index in [0.29, 0.717) is 26.9 Å². The van der Waals surface area contributed by atoms with Gasteiger partial charge < -0.3 is 0 Å². The van der Waals surface area contributed by atoms with E-state index in [-0.39, 0.29) is 0 Å². The Morgan fingerprint density at radius 2 is 2.17 bits per heavy atom. The van der Waals surface area contributed by atoms with E-state index < -0.39 is 0 Å². The number of hydrogen-bond donors (Lipinski definition) is 0. The number of carbonyl (C=O) groups is 1. The zero-order chi connectivity index (χ0) is 13.1. The van der Waals surface area contributed by atoms with Crippen molar-refractivity contribution in [3.05, 3.63) is 40.0 Å². The van der Waals surface area contributed by atoms with Gasteiger partial charge in [-0.25, -0.2) is 0 Å². The number of carbonyl (C=O) groups excluding carboxylic acids is 1. The predicted molar refractivity (Wildman–Crippen MR) is 73.4 cm³/mol. The molecule has 1 heterocycles. The number of benzene rings is 1. The van der Waals surface area contributed by atoms with Crippen molar-refractivity contribution in [1.29, 1.82) is 0 Å². The summed E-state index contributed by atoms with van der Waals surface area (Å²) in [6, 6.07) is 5.30. The van der Waals surface area contributed by atoms with Gasteiger partial charge in [-0.3, -0.25) is 9.48 Å². The average molecular weight is 283 g/mol. The molecule has 2 rings (SSSR count). The number of hydrogen-bond acceptors (Lipinski definition) is 2. The molecule has 0 saturated carbocycles. The van der Waals surface area contributed by atoms with E-state index in [2.05, 4.69) is 5.10 Å². The lowest BCUT2D eigenvalue weighted by atomic mass is 10.1. The molecule has 0 aliphatic carbocycles. The molecule has 0 amide bonds. The summed E-state index contributed by atoms with van der Waals surface area (Å²) in [6.45, 7) is 2.81. The van der Waals surface area contributed by atoms with Crippen LogP contribution in [0, 0.1) is 0 Å². The highest BCUT2D eigenvalue weighted by Crippen LogP contribution is 2.33. The number of aryl methyl sites for hydroxylation is 1. The third-order valence-electron chi connectivity index (χ3n) is 2.58. The highest BCUT2D eigenvalue weighted by Gasteiger charge is 2.14. The van der Waals surface area contributed by atoms with Crippen LogP contribution in [-0.2, 0) is 6.54 Å². The van der Waals surface area contributed by atoms with Crippen LogP contribution in [0.4, 0.5) is 0 Å². The average Bonchev–Trinajstić information content (AvgIpc) is 2.76. The smallest absolute Gasteiger partial charge is 0.153 e. The van der Waals surface area contributed by atoms with E-state index in [1.54, 1.807) is 29.1 Å². The van der Waals surface area contributed by atoms with E-state index in [9.17, 15) is 4.79 Å². The summed E-state index contributed by atoms with van der Waals surface area (Å²) >= 11 is 12.1. The van der Waals surface area contributed by atoms with Gasteiger partial charge in [0.05, 0.1) is 15.6 Å². The monoisotopic (exact) mass is 282 g/mol. The van der Waals surface area contributed by atoms with E-state index in [1.165, 1.54) is 0 Å². The van der Waals surface area contributed by atoms with Crippen LogP contribution in [0.2, 0.25) is 10.0 Å². The quantitative estimate of drug-likeness (QED) is 0.792. The van der Waals surface area contributed by atoms with Crippen molar-refractivity contribution < 1.29 is 4.79 Å². The van der Waals surface area contributed by atoms with Gasteiger partial charge in [-0.2, -0.15) is 5.10 Å². The van der Waals surface area contributed by atoms with Gasteiger partial charge in [0.2, 0.25) is 0 Å². The number of aldehydes is 1. The van der Waals surface area contributed by atoms with Crippen molar-refractivity contribution >= 4 is 29.5 Å². The summed E-state index contributed by atoms with van der Waals surface area (Å²) in [6.07, 6.45) is 3.46. The summed E-state index contributed by atoms with van der Waals surface area (Å²) in [5.74, 6) is 0. The van der Waals surface area contributed by atoms with E-state index in [1.807, 2.05) is 6.92 Å². The van der Waals surface area contributed by atoms with Crippen molar-refractivity contribution in [2.45, 2.75) is 19.9 Å². The van der Waals surface area contributed by atoms with Crippen molar-refractivity contribution in [2.24, 2.45) is 0 Å². The Morgan fingerprint density at radius 3 is 2.83 bits per heavy atom. The lowest BCUT2D eigenvalue weighted by Gasteiger charge is -2.03. The van der Waals surface area contributed by atoms with Crippen LogP contribution in [0.25, 0.3) is 11.3 Å². The fourth-order valence-electron chi connectivity index (χ4n) is 1.76. The molecule has 2 aromatic rings. The largest absolute Gasteiger partial charge is 0.298 e. The Bertz CT molecular complexity index is 578. The first-order chi connectivity index (χ1) is 8.67. The molecule has 0 fully saturated rings. The first-order valence-electron chi connectivity index (χ1n) is 5.64. The minimum absolute atomic E-state index is 0.420. The standard InChI is InChI=1S/C13H12Cl2N2O/c1-2-6-17-7-9(8-18)13(16-17)10-4-3-5-11(14)12(10)15/h3-5,7-8H,2,6H2,1H3. The van der Waals surface area contributed by atoms with Crippen LogP contribution < -0.4 is 0 Å². The first kappa shape index (κ1) is 13.1. The molecule has 1 aromatic carbocycles. The van der Waals surface area contributed by atoms with Crippen molar-refractivity contribution in [1.82, 2.24) is 9.78 Å². The summed E-state index contributed by atoms with van der Waals surface area (Å²) in [7, 11) is 0. The lowest BCUT2D eigenvalue weighted by Crippen LogP contribution is -1.96. The maximum atomic E-state index is 11.1. The third kappa shape index (κ3) is 2.42. The molecule has 0 bridgehead atoms. The Labute approximate surface area is 115 Å². The minimum atomic E-state index is 0.420. The van der Waals surface area contributed by atoms with Crippen LogP contribution in [0.5, 0.6) is 0 Å². The molecule has 0 unspecified atom stereocenters. The second-order valence-corrected chi connectivity index (χ2v) is 4.70. The molecule has 3 nitrogen and oxygen atoms in total. The van der Waals surface area contributed by atoms with Gasteiger partial charge in [0.1, 0.15) is 5.69 Å². The summed E-state index contributed by atoms with van der Waals surface area (Å²) < 4.78 is 1.75. The van der Waals surface area contributed by atoms with Gasteiger partial charge >= 0.3 is 0 Å². The minimum Gasteiger partial charge on any atom is -0.298 e. The number of rotatable bonds is 4. The van der Waals surface area contributed by atoms with E-state index in [4.69, 9.17) is 23.2 Å². The lowest BCUT2D eigenvalue weighted by molar-refractivity contribution is 0.112. The number of nitrogens with zero attached hydrogens (tertiary/aromatic N) is 2. The fraction of sp³-hybridized carbons (Fsp3) is 0.231. The van der Waals surface area contributed by atoms with Crippen LogP contribution in [-0.4, -0.2) is 16.1 Å². The molecule has 94 valence electrons. The summed E-state index contributed by atoms with van der Waals surface area (Å²) in [5, 5.41) is 5.26. The second kappa shape index (κ2) is 5.55. The van der Waals surface area contributed by atoms with Crippen LogP contribution in [0.1, 0.15) is 23.7 Å². The molecular formula is C13H12Cl2N2O. The normalized spacial score (nSPS) is 10.6. The topological polar surface area (TPSA) is 34.9 Å². The molecule has 0 N–H and O–H groups in total. The van der Waals surface area contributed by atoms with Crippen molar-refractivity contribution in [3.63, 3.8) is 0 Å². The second-order valence-electron chi connectivity index (χ2n) is 3.92. The van der Waals surface area contributed by atoms with Crippen LogP contribution >= 0.6 is 23.2 Å². The van der Waals surface area contributed by atoms with Crippen molar-refractivity contribution in [2.75, 3.05) is 0 Å². The number of aromatic nitrogens is 2. The van der Waals surface area contributed by atoms with Crippen LogP contribution in [0.3, 0.4) is 0 Å². The van der Waals surface area contributed by atoms with Gasteiger partial charge in [-0.1, -0.05) is 42.3 Å². The van der Waals surface area contributed by atoms with Gasteiger partial charge in [-0.05, 0) is 12.5 Å². The zero-order valence-corrected chi connectivity index (χ0v) is 11.4. The molecule has 5 heteroatoms. The molecule has 18 heavy (non-hydrogen) atoms. The Balaban J connectivity index is 2.55. The van der Waals surface area contributed by atoms with Crippen molar-refractivity contribution in [3.8, 4) is 11.3 Å². The summed E-state index contributed by atoms with van der Waals surface area (Å²) in [5.41, 5.74) is 1.78. The molecule has 0 atom stereocenters. The third-order valence-corrected chi connectivity index (χ3v) is 3.40. The Morgan fingerprint density at radius 1 is 1.39 bits per heavy atom. The molecule has 0 radical (unpaired) electrons. The van der Waals surface area contributed by atoms with E-state index >= 15 is 0 Å². The first-order valence-corrected chi connectivity index (χ1v) is 6.40. The number of halogens is 2. The highest BCUT2D eigenvalue weighted by molar-refractivity contribution is 6.43. The van der Waals surface area contributed by atoms with Gasteiger partial charge in [0.25, 0.3) is 0 Å². The molecule has 0 aliphatic rings. The maximum Gasteiger partial charge on any atom is 0.153 e. The Kier molecular flexibility index (Phi) is 4.04. The molecule has 0 spiro atoms. The highest BCUT2D eigenvalue weighted by atomic mass is 35.5. The molecule has 0 saturated heterocycles. The van der Waals surface area contributed by atoms with Gasteiger partial charge in [-0.15, -0.1) is 0 Å². The van der Waals surface area contributed by atoms with E-state index in [0.717, 1.165) is 19.3 Å². The summed E-state index contributed by atoms with van der Waals surface area (Å²) in [4.78, 5) is 11.1. The van der Waals surface area contributed by atoms with Crippen LogP contribution in [0.15, 0.2) is 24.4 Å². The van der Waals surface area contributed by atoms with Gasteiger partial charge in [0, 0.05) is 18.3 Å². The SMILES string of the molecule is CCCn1cc(C=O)c(-c2cccc(Cl)c2Cl)n1. The van der Waals surface area contributed by atoms with Gasteiger partial charge in [0.15, 0.2) is 6.29 Å². The predicted octanol–water partition coefficient (Wildman–Crippen LogP) is 4.08. The maximum absolute atomic E-state index is 11.1. The fourth-order valence-corrected chi connectivity index (χ4v) is 2.15. The Hall–Kier alpha value is -1.32. The zero-order valence-electron chi connectivity index (χ0n) is 9.86. The molecule has 1 aromatic heterocycles. The molecular weight excluding hydrogens is 271 g/mol.